The molecule has 6 heteroatoms. The van der Waals surface area contributed by atoms with Crippen LogP contribution in [-0.2, 0) is 24.2 Å². The maximum Gasteiger partial charge on any atom is 0.411 e. The zero-order valence-corrected chi connectivity index (χ0v) is 15.2. The molecule has 0 atom stereocenters. The molecule has 136 valence electrons. The zero-order valence-electron chi connectivity index (χ0n) is 15.2. The molecule has 0 saturated heterocycles. The number of nitrogens with one attached hydrogen (secondary N) is 2. The molecule has 0 aromatic heterocycles. The van der Waals surface area contributed by atoms with Gasteiger partial charge in [0, 0.05) is 32.4 Å². The van der Waals surface area contributed by atoms with Gasteiger partial charge in [0.1, 0.15) is 0 Å². The lowest BCUT2D eigenvalue weighted by molar-refractivity contribution is 0.187. The molecule has 3 rings (SSSR count). The number of ether oxygens (including phenoxy) is 1. The van der Waals surface area contributed by atoms with Crippen molar-refractivity contribution < 1.29 is 9.53 Å². The predicted octanol–water partition coefficient (Wildman–Crippen LogP) is 3.00. The fourth-order valence-corrected chi connectivity index (χ4v) is 3.06. The van der Waals surface area contributed by atoms with Crippen LogP contribution >= 0.6 is 0 Å². The number of amides is 1. The Hall–Kier alpha value is -3.02. The summed E-state index contributed by atoms with van der Waals surface area (Å²) in [4.78, 5) is 17.9. The van der Waals surface area contributed by atoms with E-state index in [1.807, 2.05) is 31.3 Å². The SMILES string of the molecule is CN=C(NCc1ccc(NC(=O)OC)cc1)N1CCc2ccccc2C1. The van der Waals surface area contributed by atoms with Crippen molar-refractivity contribution in [1.29, 1.82) is 0 Å². The Kier molecular flexibility index (Phi) is 5.73. The van der Waals surface area contributed by atoms with Gasteiger partial charge in [-0.2, -0.15) is 0 Å². The Balaban J connectivity index is 1.57. The van der Waals surface area contributed by atoms with Crippen molar-refractivity contribution in [2.45, 2.75) is 19.5 Å². The van der Waals surface area contributed by atoms with Crippen LogP contribution in [0.2, 0.25) is 0 Å². The van der Waals surface area contributed by atoms with E-state index < -0.39 is 6.09 Å². The lowest BCUT2D eigenvalue weighted by Gasteiger charge is -2.31. The van der Waals surface area contributed by atoms with E-state index in [0.29, 0.717) is 12.2 Å². The van der Waals surface area contributed by atoms with E-state index in [0.717, 1.165) is 31.0 Å². The summed E-state index contributed by atoms with van der Waals surface area (Å²) in [6.45, 7) is 2.50. The highest BCUT2D eigenvalue weighted by Gasteiger charge is 2.18. The zero-order chi connectivity index (χ0) is 18.4. The second kappa shape index (κ2) is 8.38. The predicted molar refractivity (Wildman–Crippen MR) is 103 cm³/mol. The van der Waals surface area contributed by atoms with Crippen molar-refractivity contribution in [1.82, 2.24) is 10.2 Å². The Morgan fingerprint density at radius 2 is 1.88 bits per heavy atom. The average molecular weight is 352 g/mol. The Morgan fingerprint density at radius 1 is 1.15 bits per heavy atom. The molecule has 0 saturated carbocycles. The molecule has 0 fully saturated rings. The molecule has 0 radical (unpaired) electrons. The normalized spacial score (nSPS) is 13.8. The first-order valence-electron chi connectivity index (χ1n) is 8.66. The summed E-state index contributed by atoms with van der Waals surface area (Å²) in [6, 6.07) is 16.2. The smallest absolute Gasteiger partial charge is 0.411 e. The summed E-state index contributed by atoms with van der Waals surface area (Å²) in [6.07, 6.45) is 0.562. The molecular formula is C20H24N4O2. The van der Waals surface area contributed by atoms with Crippen LogP contribution in [0.1, 0.15) is 16.7 Å². The molecule has 6 nitrogen and oxygen atoms in total. The van der Waals surface area contributed by atoms with Gasteiger partial charge in [-0.15, -0.1) is 0 Å². The minimum Gasteiger partial charge on any atom is -0.453 e. The lowest BCUT2D eigenvalue weighted by Crippen LogP contribution is -2.43. The van der Waals surface area contributed by atoms with Gasteiger partial charge in [0.25, 0.3) is 0 Å². The van der Waals surface area contributed by atoms with Crippen molar-refractivity contribution in [2.75, 3.05) is 26.0 Å². The van der Waals surface area contributed by atoms with E-state index >= 15 is 0 Å². The van der Waals surface area contributed by atoms with Crippen molar-refractivity contribution in [3.05, 3.63) is 65.2 Å². The molecule has 1 aliphatic heterocycles. The topological polar surface area (TPSA) is 66.0 Å². The summed E-state index contributed by atoms with van der Waals surface area (Å²) in [5.74, 6) is 0.899. The van der Waals surface area contributed by atoms with Gasteiger partial charge in [0.15, 0.2) is 5.96 Å². The Morgan fingerprint density at radius 3 is 2.58 bits per heavy atom. The van der Waals surface area contributed by atoms with E-state index in [9.17, 15) is 4.79 Å². The number of guanidine groups is 1. The number of methoxy groups -OCH3 is 1. The van der Waals surface area contributed by atoms with Crippen LogP contribution in [0.15, 0.2) is 53.5 Å². The van der Waals surface area contributed by atoms with Crippen molar-refractivity contribution >= 4 is 17.7 Å². The summed E-state index contributed by atoms with van der Waals surface area (Å²) in [5.41, 5.74) is 4.60. The molecule has 0 aliphatic carbocycles. The highest BCUT2D eigenvalue weighted by atomic mass is 16.5. The highest BCUT2D eigenvalue weighted by molar-refractivity contribution is 5.84. The number of benzene rings is 2. The summed E-state index contributed by atoms with van der Waals surface area (Å²) >= 11 is 0. The van der Waals surface area contributed by atoms with Crippen molar-refractivity contribution in [3.63, 3.8) is 0 Å². The molecule has 26 heavy (non-hydrogen) atoms. The van der Waals surface area contributed by atoms with Crippen LogP contribution in [0.4, 0.5) is 10.5 Å². The quantitative estimate of drug-likeness (QED) is 0.658. The second-order valence-corrected chi connectivity index (χ2v) is 6.15. The third kappa shape index (κ3) is 4.33. The van der Waals surface area contributed by atoms with Gasteiger partial charge >= 0.3 is 6.09 Å². The monoisotopic (exact) mass is 352 g/mol. The average Bonchev–Trinajstić information content (AvgIpc) is 2.69. The van der Waals surface area contributed by atoms with E-state index in [4.69, 9.17) is 0 Å². The number of hydrogen-bond acceptors (Lipinski definition) is 3. The van der Waals surface area contributed by atoms with Gasteiger partial charge in [-0.3, -0.25) is 10.3 Å². The van der Waals surface area contributed by atoms with Gasteiger partial charge < -0.3 is 15.0 Å². The number of nitrogens with zero attached hydrogens (tertiary/aromatic N) is 2. The number of aliphatic imine (C=N–C) groups is 1. The Labute approximate surface area is 153 Å². The molecule has 0 spiro atoms. The Bertz CT molecular complexity index is 787. The summed E-state index contributed by atoms with van der Waals surface area (Å²) in [5, 5.41) is 6.06. The number of hydrogen-bond donors (Lipinski definition) is 2. The van der Waals surface area contributed by atoms with Crippen molar-refractivity contribution in [3.8, 4) is 0 Å². The van der Waals surface area contributed by atoms with Crippen LogP contribution in [0.5, 0.6) is 0 Å². The van der Waals surface area contributed by atoms with E-state index in [1.165, 1.54) is 18.2 Å². The van der Waals surface area contributed by atoms with Crippen LogP contribution < -0.4 is 10.6 Å². The fourth-order valence-electron chi connectivity index (χ4n) is 3.06. The third-order valence-electron chi connectivity index (χ3n) is 4.48. The number of carbonyl (C=O) groups is 1. The standard InChI is InChI=1S/C20H24N4O2/c1-21-19(24-12-11-16-5-3-4-6-17(16)14-24)22-13-15-7-9-18(10-8-15)23-20(25)26-2/h3-10H,11-14H2,1-2H3,(H,21,22)(H,23,25). The van der Waals surface area contributed by atoms with E-state index in [-0.39, 0.29) is 0 Å². The molecule has 2 aromatic carbocycles. The molecule has 1 amide bonds. The van der Waals surface area contributed by atoms with E-state index in [2.05, 4.69) is 49.5 Å². The molecule has 0 bridgehead atoms. The van der Waals surface area contributed by atoms with Crippen LogP contribution in [0, 0.1) is 0 Å². The first kappa shape index (κ1) is 17.8. The molecule has 1 aliphatic rings. The summed E-state index contributed by atoms with van der Waals surface area (Å²) in [7, 11) is 3.16. The lowest BCUT2D eigenvalue weighted by atomic mass is 10.0. The third-order valence-corrected chi connectivity index (χ3v) is 4.48. The molecular weight excluding hydrogens is 328 g/mol. The minimum atomic E-state index is -0.471. The van der Waals surface area contributed by atoms with Crippen LogP contribution in [0.25, 0.3) is 0 Å². The van der Waals surface area contributed by atoms with Crippen LogP contribution in [0.3, 0.4) is 0 Å². The van der Waals surface area contributed by atoms with Gasteiger partial charge in [-0.1, -0.05) is 36.4 Å². The first-order valence-corrected chi connectivity index (χ1v) is 8.66. The maximum absolute atomic E-state index is 11.2. The molecule has 2 aromatic rings. The van der Waals surface area contributed by atoms with Gasteiger partial charge in [-0.05, 0) is 35.2 Å². The van der Waals surface area contributed by atoms with Crippen LogP contribution in [-0.4, -0.2) is 37.7 Å². The van der Waals surface area contributed by atoms with E-state index in [1.54, 1.807) is 0 Å². The minimum absolute atomic E-state index is 0.471. The highest BCUT2D eigenvalue weighted by Crippen LogP contribution is 2.18. The molecule has 0 unspecified atom stereocenters. The number of anilines is 1. The summed E-state index contributed by atoms with van der Waals surface area (Å²) < 4.78 is 4.59. The first-order chi connectivity index (χ1) is 12.7. The fraction of sp³-hybridized carbons (Fsp3) is 0.300. The van der Waals surface area contributed by atoms with Crippen molar-refractivity contribution in [2.24, 2.45) is 4.99 Å². The molecule has 1 heterocycles. The van der Waals surface area contributed by atoms with Gasteiger partial charge in [0.05, 0.1) is 7.11 Å². The largest absolute Gasteiger partial charge is 0.453 e. The van der Waals surface area contributed by atoms with Gasteiger partial charge in [0.2, 0.25) is 0 Å². The second-order valence-electron chi connectivity index (χ2n) is 6.15. The number of carbonyl (C=O) groups excluding carboxylic acids is 1. The number of rotatable bonds is 3. The maximum atomic E-state index is 11.2. The number of fused-ring (bicyclic) bond motifs is 1. The van der Waals surface area contributed by atoms with Gasteiger partial charge in [-0.25, -0.2) is 4.79 Å². The molecule has 2 N–H and O–H groups in total.